The molecule has 2 fully saturated rings. The number of hydrogen-bond acceptors (Lipinski definition) is 6. The van der Waals surface area contributed by atoms with Gasteiger partial charge in [-0.05, 0) is 44.4 Å². The van der Waals surface area contributed by atoms with Crippen molar-refractivity contribution < 1.29 is 19.0 Å². The lowest BCUT2D eigenvalue weighted by atomic mass is 9.79. The number of nitrogens with zero attached hydrogens (tertiary/aromatic N) is 3. The second-order valence-electron chi connectivity index (χ2n) is 7.74. The van der Waals surface area contributed by atoms with E-state index in [-0.39, 0.29) is 11.4 Å². The number of benzene rings is 1. The van der Waals surface area contributed by atoms with Gasteiger partial charge in [0.05, 0.1) is 19.4 Å². The number of aromatic nitrogens is 2. The highest BCUT2D eigenvalue weighted by Crippen LogP contribution is 2.38. The molecule has 2 amide bonds. The second-order valence-corrected chi connectivity index (χ2v) is 7.74. The second kappa shape index (κ2) is 8.24. The van der Waals surface area contributed by atoms with E-state index >= 15 is 0 Å². The molecule has 0 bridgehead atoms. The van der Waals surface area contributed by atoms with Gasteiger partial charge < -0.3 is 24.4 Å². The molecule has 1 N–H and O–H groups in total. The van der Waals surface area contributed by atoms with Crippen molar-refractivity contribution in [1.29, 1.82) is 0 Å². The first-order chi connectivity index (χ1) is 14.1. The van der Waals surface area contributed by atoms with Crippen LogP contribution in [0.4, 0.5) is 10.5 Å². The highest BCUT2D eigenvalue weighted by atomic mass is 16.5. The first-order valence-electron chi connectivity index (χ1n) is 9.87. The minimum absolute atomic E-state index is 0.109. The standard InChI is InChI=1S/C21H26N4O4/c1-15-4-7-19(24-23-15)29-18-12-16(5-6-17(18)27-2)22-20(26)25-10-3-8-21(13-25)9-11-28-14-21/h4-7,12H,3,8-11,13-14H2,1-2H3,(H,22,26). The molecule has 0 aliphatic carbocycles. The largest absolute Gasteiger partial charge is 0.493 e. The Morgan fingerprint density at radius 1 is 1.21 bits per heavy atom. The third kappa shape index (κ3) is 4.42. The van der Waals surface area contributed by atoms with E-state index in [1.54, 1.807) is 31.4 Å². The van der Waals surface area contributed by atoms with Gasteiger partial charge in [0.2, 0.25) is 5.88 Å². The first-order valence-corrected chi connectivity index (χ1v) is 9.87. The maximum Gasteiger partial charge on any atom is 0.321 e. The van der Waals surface area contributed by atoms with Crippen molar-refractivity contribution in [3.63, 3.8) is 0 Å². The van der Waals surface area contributed by atoms with E-state index in [2.05, 4.69) is 15.5 Å². The predicted molar refractivity (Wildman–Crippen MR) is 108 cm³/mol. The summed E-state index contributed by atoms with van der Waals surface area (Å²) in [4.78, 5) is 14.7. The number of likely N-dealkylation sites (tertiary alicyclic amines) is 1. The van der Waals surface area contributed by atoms with Gasteiger partial charge in [-0.3, -0.25) is 0 Å². The number of anilines is 1. The van der Waals surface area contributed by atoms with Crippen LogP contribution in [-0.2, 0) is 4.74 Å². The van der Waals surface area contributed by atoms with Gasteiger partial charge in [-0.2, -0.15) is 5.10 Å². The van der Waals surface area contributed by atoms with Gasteiger partial charge in [0, 0.05) is 42.9 Å². The summed E-state index contributed by atoms with van der Waals surface area (Å²) in [6.07, 6.45) is 3.14. The highest BCUT2D eigenvalue weighted by Gasteiger charge is 2.40. The van der Waals surface area contributed by atoms with Crippen molar-refractivity contribution in [1.82, 2.24) is 15.1 Å². The molecule has 1 aromatic carbocycles. The van der Waals surface area contributed by atoms with E-state index < -0.39 is 0 Å². The fourth-order valence-corrected chi connectivity index (χ4v) is 3.94. The predicted octanol–water partition coefficient (Wildman–Crippen LogP) is 3.62. The molecule has 1 aromatic heterocycles. The minimum Gasteiger partial charge on any atom is -0.493 e. The molecule has 1 atom stereocenters. The summed E-state index contributed by atoms with van der Waals surface area (Å²) in [5.41, 5.74) is 1.55. The van der Waals surface area contributed by atoms with Gasteiger partial charge >= 0.3 is 6.03 Å². The number of piperidine rings is 1. The van der Waals surface area contributed by atoms with Crippen LogP contribution in [0.5, 0.6) is 17.4 Å². The topological polar surface area (TPSA) is 85.8 Å². The molecule has 0 radical (unpaired) electrons. The van der Waals surface area contributed by atoms with E-state index in [4.69, 9.17) is 14.2 Å². The SMILES string of the molecule is COc1ccc(NC(=O)N2CCCC3(CCOC3)C2)cc1Oc1ccc(C)nn1. The van der Waals surface area contributed by atoms with Gasteiger partial charge in [0.1, 0.15) is 0 Å². The third-order valence-electron chi connectivity index (χ3n) is 5.54. The van der Waals surface area contributed by atoms with Crippen molar-refractivity contribution in [2.24, 2.45) is 5.41 Å². The van der Waals surface area contributed by atoms with Crippen LogP contribution < -0.4 is 14.8 Å². The van der Waals surface area contributed by atoms with Crippen molar-refractivity contribution in [3.05, 3.63) is 36.0 Å². The summed E-state index contributed by atoms with van der Waals surface area (Å²) < 4.78 is 16.8. The highest BCUT2D eigenvalue weighted by molar-refractivity contribution is 5.89. The number of carbonyl (C=O) groups is 1. The Morgan fingerprint density at radius 3 is 2.83 bits per heavy atom. The number of ether oxygens (including phenoxy) is 3. The lowest BCUT2D eigenvalue weighted by Crippen LogP contribution is -2.48. The number of amides is 2. The first kappa shape index (κ1) is 19.4. The summed E-state index contributed by atoms with van der Waals surface area (Å²) in [5, 5.41) is 11.0. The molecule has 3 heterocycles. The Hall–Kier alpha value is -2.87. The minimum atomic E-state index is -0.109. The van der Waals surface area contributed by atoms with Crippen LogP contribution in [0.25, 0.3) is 0 Å². The molecular weight excluding hydrogens is 372 g/mol. The maximum atomic E-state index is 12.8. The Morgan fingerprint density at radius 2 is 2.10 bits per heavy atom. The lowest BCUT2D eigenvalue weighted by Gasteiger charge is -2.39. The van der Waals surface area contributed by atoms with Crippen LogP contribution >= 0.6 is 0 Å². The Kier molecular flexibility index (Phi) is 5.53. The normalized spacial score (nSPS) is 21.2. The number of carbonyl (C=O) groups excluding carboxylic acids is 1. The van der Waals surface area contributed by atoms with Gasteiger partial charge in [-0.25, -0.2) is 4.79 Å². The van der Waals surface area contributed by atoms with E-state index in [1.807, 2.05) is 17.9 Å². The number of methoxy groups -OCH3 is 1. The van der Waals surface area contributed by atoms with Crippen LogP contribution in [0, 0.1) is 12.3 Å². The van der Waals surface area contributed by atoms with Gasteiger partial charge in [-0.15, -0.1) is 5.10 Å². The molecule has 2 aromatic rings. The van der Waals surface area contributed by atoms with Crippen molar-refractivity contribution in [3.8, 4) is 17.4 Å². The fourth-order valence-electron chi connectivity index (χ4n) is 3.94. The molecule has 29 heavy (non-hydrogen) atoms. The fraction of sp³-hybridized carbons (Fsp3) is 0.476. The molecule has 2 aliphatic heterocycles. The molecule has 1 unspecified atom stereocenters. The average Bonchev–Trinajstić information content (AvgIpc) is 3.17. The molecule has 154 valence electrons. The molecule has 0 saturated carbocycles. The Labute approximate surface area is 170 Å². The maximum absolute atomic E-state index is 12.8. The van der Waals surface area contributed by atoms with E-state index in [1.165, 1.54) is 0 Å². The average molecular weight is 398 g/mol. The number of aryl methyl sites for hydroxylation is 1. The Balaban J connectivity index is 1.46. The third-order valence-corrected chi connectivity index (χ3v) is 5.54. The smallest absolute Gasteiger partial charge is 0.321 e. The number of hydrogen-bond donors (Lipinski definition) is 1. The van der Waals surface area contributed by atoms with Gasteiger partial charge in [-0.1, -0.05) is 0 Å². The van der Waals surface area contributed by atoms with Crippen LogP contribution in [0.2, 0.25) is 0 Å². The summed E-state index contributed by atoms with van der Waals surface area (Å²) in [6, 6.07) is 8.74. The summed E-state index contributed by atoms with van der Waals surface area (Å²) in [5.74, 6) is 1.37. The number of urea groups is 1. The summed E-state index contributed by atoms with van der Waals surface area (Å²) in [7, 11) is 1.57. The summed E-state index contributed by atoms with van der Waals surface area (Å²) in [6.45, 7) is 4.88. The van der Waals surface area contributed by atoms with Crippen LogP contribution in [0.15, 0.2) is 30.3 Å². The van der Waals surface area contributed by atoms with Crippen LogP contribution in [-0.4, -0.2) is 54.5 Å². The molecular formula is C21H26N4O4. The number of rotatable bonds is 4. The Bertz CT molecular complexity index is 865. The van der Waals surface area contributed by atoms with E-state index in [0.29, 0.717) is 23.1 Å². The molecule has 8 nitrogen and oxygen atoms in total. The zero-order chi connectivity index (χ0) is 20.3. The van der Waals surface area contributed by atoms with E-state index in [9.17, 15) is 4.79 Å². The zero-order valence-electron chi connectivity index (χ0n) is 16.8. The lowest BCUT2D eigenvalue weighted by molar-refractivity contribution is 0.0867. The zero-order valence-corrected chi connectivity index (χ0v) is 16.8. The molecule has 4 rings (SSSR count). The monoisotopic (exact) mass is 398 g/mol. The number of nitrogens with one attached hydrogen (secondary N) is 1. The van der Waals surface area contributed by atoms with Gasteiger partial charge in [0.15, 0.2) is 11.5 Å². The molecule has 1 spiro atoms. The molecule has 2 aliphatic rings. The van der Waals surface area contributed by atoms with Crippen molar-refractivity contribution in [2.75, 3.05) is 38.7 Å². The van der Waals surface area contributed by atoms with Crippen molar-refractivity contribution >= 4 is 11.7 Å². The van der Waals surface area contributed by atoms with Crippen LogP contribution in [0.3, 0.4) is 0 Å². The molecule has 8 heteroatoms. The summed E-state index contributed by atoms with van der Waals surface area (Å²) >= 11 is 0. The van der Waals surface area contributed by atoms with E-state index in [0.717, 1.165) is 51.3 Å². The quantitative estimate of drug-likeness (QED) is 0.847. The van der Waals surface area contributed by atoms with Crippen LogP contribution in [0.1, 0.15) is 25.0 Å². The van der Waals surface area contributed by atoms with Crippen molar-refractivity contribution in [2.45, 2.75) is 26.2 Å². The van der Waals surface area contributed by atoms with Gasteiger partial charge in [0.25, 0.3) is 0 Å². The molecule has 2 saturated heterocycles.